The second-order valence-corrected chi connectivity index (χ2v) is 8.39. The molecule has 0 aromatic carbocycles. The molecule has 0 aliphatic carbocycles. The van der Waals surface area contributed by atoms with E-state index in [1.54, 1.807) is 19.2 Å². The van der Waals surface area contributed by atoms with Crippen molar-refractivity contribution in [2.45, 2.75) is 38.8 Å². The van der Waals surface area contributed by atoms with Crippen LogP contribution in [0, 0.1) is 0 Å². The lowest BCUT2D eigenvalue weighted by atomic mass is 10.2. The van der Waals surface area contributed by atoms with Crippen LogP contribution in [0.25, 0.3) is 0 Å². The van der Waals surface area contributed by atoms with Crippen LogP contribution in [0.15, 0.2) is 18.2 Å². The predicted molar refractivity (Wildman–Crippen MR) is 90.6 cm³/mol. The number of hydrogen-bond donors (Lipinski definition) is 1. The number of aromatic nitrogens is 1. The van der Waals surface area contributed by atoms with E-state index >= 15 is 0 Å². The fourth-order valence-electron chi connectivity index (χ4n) is 2.51. The fourth-order valence-corrected chi connectivity index (χ4v) is 4.28. The van der Waals surface area contributed by atoms with Gasteiger partial charge in [0.1, 0.15) is 11.4 Å². The molecule has 2 heterocycles. The molecule has 1 N–H and O–H groups in total. The van der Waals surface area contributed by atoms with Gasteiger partial charge in [-0.1, -0.05) is 13.0 Å². The van der Waals surface area contributed by atoms with Gasteiger partial charge >= 0.3 is 0 Å². The Balaban J connectivity index is 2.13. The second-order valence-electron chi connectivity index (χ2n) is 6.16. The summed E-state index contributed by atoms with van der Waals surface area (Å²) in [6.07, 6.45) is 1.22. The van der Waals surface area contributed by atoms with Crippen LogP contribution in [0.3, 0.4) is 0 Å². The van der Waals surface area contributed by atoms with Crippen LogP contribution in [-0.2, 0) is 9.84 Å². The van der Waals surface area contributed by atoms with Gasteiger partial charge in [-0.3, -0.25) is 9.59 Å². The normalized spacial score (nSPS) is 20.4. The molecule has 8 heteroatoms. The minimum atomic E-state index is -3.07. The number of amides is 2. The van der Waals surface area contributed by atoms with Gasteiger partial charge in [-0.05, 0) is 31.9 Å². The van der Waals surface area contributed by atoms with Crippen LogP contribution in [0.4, 0.5) is 0 Å². The predicted octanol–water partition coefficient (Wildman–Crippen LogP) is 0.869. The fraction of sp³-hybridized carbons (Fsp3) is 0.562. The molecule has 2 unspecified atom stereocenters. The van der Waals surface area contributed by atoms with Crippen LogP contribution in [0.5, 0.6) is 0 Å². The first-order valence-corrected chi connectivity index (χ1v) is 9.81. The third-order valence-corrected chi connectivity index (χ3v) is 6.02. The average Bonchev–Trinajstić information content (AvgIpc) is 2.93. The monoisotopic (exact) mass is 353 g/mol. The van der Waals surface area contributed by atoms with E-state index in [1.807, 2.05) is 13.8 Å². The topological polar surface area (TPSA) is 96.4 Å². The lowest BCUT2D eigenvalue weighted by Gasteiger charge is -2.23. The largest absolute Gasteiger partial charge is 0.348 e. The average molecular weight is 353 g/mol. The summed E-state index contributed by atoms with van der Waals surface area (Å²) in [6.45, 7) is 3.85. The summed E-state index contributed by atoms with van der Waals surface area (Å²) in [7, 11) is -1.50. The Hall–Kier alpha value is -1.96. The highest BCUT2D eigenvalue weighted by molar-refractivity contribution is 7.91. The van der Waals surface area contributed by atoms with Crippen LogP contribution < -0.4 is 5.32 Å². The van der Waals surface area contributed by atoms with E-state index in [0.717, 1.165) is 6.42 Å². The first-order valence-electron chi connectivity index (χ1n) is 7.99. The Labute approximate surface area is 142 Å². The zero-order valence-electron chi connectivity index (χ0n) is 14.2. The number of sulfone groups is 1. The zero-order chi connectivity index (χ0) is 17.9. The van der Waals surface area contributed by atoms with Crippen molar-refractivity contribution in [2.75, 3.05) is 18.6 Å². The first kappa shape index (κ1) is 18.4. The number of nitrogens with zero attached hydrogens (tertiary/aromatic N) is 2. The van der Waals surface area contributed by atoms with Gasteiger partial charge < -0.3 is 10.2 Å². The Bertz CT molecular complexity index is 733. The van der Waals surface area contributed by atoms with Crippen LogP contribution in [0.2, 0.25) is 0 Å². The van der Waals surface area contributed by atoms with Crippen LogP contribution in [-0.4, -0.2) is 60.8 Å². The van der Waals surface area contributed by atoms with Crippen molar-refractivity contribution in [3.05, 3.63) is 29.6 Å². The Kier molecular flexibility index (Phi) is 5.58. The Morgan fingerprint density at radius 3 is 2.62 bits per heavy atom. The van der Waals surface area contributed by atoms with Gasteiger partial charge in [0, 0.05) is 19.1 Å². The summed E-state index contributed by atoms with van der Waals surface area (Å²) in [5, 5.41) is 2.80. The van der Waals surface area contributed by atoms with E-state index in [-0.39, 0.29) is 46.8 Å². The Morgan fingerprint density at radius 2 is 2.04 bits per heavy atom. The molecule has 0 spiro atoms. The van der Waals surface area contributed by atoms with Gasteiger partial charge in [0.05, 0.1) is 11.5 Å². The molecule has 1 fully saturated rings. The third-order valence-electron chi connectivity index (χ3n) is 4.27. The number of hydrogen-bond acceptors (Lipinski definition) is 5. The molecule has 1 saturated heterocycles. The van der Waals surface area contributed by atoms with E-state index in [4.69, 9.17) is 0 Å². The lowest BCUT2D eigenvalue weighted by Crippen LogP contribution is -2.38. The van der Waals surface area contributed by atoms with Gasteiger partial charge in [0.25, 0.3) is 11.8 Å². The molecule has 1 aromatic rings. The SMILES string of the molecule is CCC(C)NC(=O)c1cccc(C(=O)N(C)C2CCS(=O)(=O)C2)n1. The zero-order valence-corrected chi connectivity index (χ0v) is 15.0. The van der Waals surface area contributed by atoms with E-state index in [1.165, 1.54) is 11.0 Å². The maximum absolute atomic E-state index is 12.5. The number of nitrogens with one attached hydrogen (secondary N) is 1. The minimum absolute atomic E-state index is 0.0185. The molecule has 0 saturated carbocycles. The molecule has 7 nitrogen and oxygen atoms in total. The van der Waals surface area contributed by atoms with Gasteiger partial charge in [-0.2, -0.15) is 0 Å². The summed E-state index contributed by atoms with van der Waals surface area (Å²) in [5.74, 6) is -0.635. The van der Waals surface area contributed by atoms with Crippen molar-refractivity contribution in [3.63, 3.8) is 0 Å². The lowest BCUT2D eigenvalue weighted by molar-refractivity contribution is 0.0741. The molecule has 1 aliphatic heterocycles. The number of carbonyl (C=O) groups excluding carboxylic acids is 2. The molecule has 0 radical (unpaired) electrons. The van der Waals surface area contributed by atoms with E-state index in [0.29, 0.717) is 6.42 Å². The van der Waals surface area contributed by atoms with Crippen molar-refractivity contribution in [2.24, 2.45) is 0 Å². The number of carbonyl (C=O) groups is 2. The molecular weight excluding hydrogens is 330 g/mol. The van der Waals surface area contributed by atoms with E-state index in [2.05, 4.69) is 10.3 Å². The number of rotatable bonds is 5. The molecule has 132 valence electrons. The van der Waals surface area contributed by atoms with Crippen molar-refractivity contribution < 1.29 is 18.0 Å². The van der Waals surface area contributed by atoms with Crippen LogP contribution >= 0.6 is 0 Å². The molecule has 1 aliphatic rings. The van der Waals surface area contributed by atoms with E-state index < -0.39 is 9.84 Å². The summed E-state index contributed by atoms with van der Waals surface area (Å²) in [6, 6.07) is 4.36. The maximum Gasteiger partial charge on any atom is 0.272 e. The molecule has 2 rings (SSSR count). The molecule has 1 aromatic heterocycles. The maximum atomic E-state index is 12.5. The molecule has 24 heavy (non-hydrogen) atoms. The van der Waals surface area contributed by atoms with Crippen LogP contribution in [0.1, 0.15) is 47.7 Å². The highest BCUT2D eigenvalue weighted by Gasteiger charge is 2.33. The Morgan fingerprint density at radius 1 is 1.38 bits per heavy atom. The van der Waals surface area contributed by atoms with Crippen molar-refractivity contribution in [1.82, 2.24) is 15.2 Å². The molecule has 2 amide bonds. The molecule has 2 atom stereocenters. The highest BCUT2D eigenvalue weighted by atomic mass is 32.2. The summed E-state index contributed by atoms with van der Waals surface area (Å²) >= 11 is 0. The van der Waals surface area contributed by atoms with Gasteiger partial charge in [0.15, 0.2) is 9.84 Å². The summed E-state index contributed by atoms with van der Waals surface area (Å²) in [4.78, 5) is 30.2. The van der Waals surface area contributed by atoms with Crippen molar-refractivity contribution >= 4 is 21.7 Å². The number of pyridine rings is 1. The summed E-state index contributed by atoms with van der Waals surface area (Å²) < 4.78 is 23.1. The van der Waals surface area contributed by atoms with Gasteiger partial charge in [-0.15, -0.1) is 0 Å². The van der Waals surface area contributed by atoms with Gasteiger partial charge in [-0.25, -0.2) is 13.4 Å². The molecular formula is C16H23N3O4S. The highest BCUT2D eigenvalue weighted by Crippen LogP contribution is 2.18. The van der Waals surface area contributed by atoms with Crippen molar-refractivity contribution in [1.29, 1.82) is 0 Å². The quantitative estimate of drug-likeness (QED) is 0.847. The smallest absolute Gasteiger partial charge is 0.272 e. The minimum Gasteiger partial charge on any atom is -0.348 e. The standard InChI is InChI=1S/C16H23N3O4S/c1-4-11(2)17-15(20)13-6-5-7-14(18-13)16(21)19(3)12-8-9-24(22,23)10-12/h5-7,11-12H,4,8-10H2,1-3H3,(H,17,20). The summed E-state index contributed by atoms with van der Waals surface area (Å²) in [5.41, 5.74) is 0.312. The third kappa shape index (κ3) is 4.31. The van der Waals surface area contributed by atoms with Gasteiger partial charge in [0.2, 0.25) is 0 Å². The molecule has 0 bridgehead atoms. The van der Waals surface area contributed by atoms with E-state index in [9.17, 15) is 18.0 Å². The second kappa shape index (κ2) is 7.29. The first-order chi connectivity index (χ1) is 11.2. The van der Waals surface area contributed by atoms with Crippen molar-refractivity contribution in [3.8, 4) is 0 Å².